The summed E-state index contributed by atoms with van der Waals surface area (Å²) in [7, 11) is 1.89. The molecule has 4 nitrogen and oxygen atoms in total. The van der Waals surface area contributed by atoms with Crippen LogP contribution >= 0.6 is 15.9 Å². The molecule has 5 heteroatoms. The first kappa shape index (κ1) is 15.1. The van der Waals surface area contributed by atoms with Crippen molar-refractivity contribution in [3.05, 3.63) is 45.2 Å². The summed E-state index contributed by atoms with van der Waals surface area (Å²) in [5.41, 5.74) is 3.81. The van der Waals surface area contributed by atoms with Crippen molar-refractivity contribution in [3.63, 3.8) is 0 Å². The van der Waals surface area contributed by atoms with Gasteiger partial charge in [0.2, 0.25) is 0 Å². The fourth-order valence-electron chi connectivity index (χ4n) is 2.09. The molecule has 1 aromatic carbocycles. The Morgan fingerprint density at radius 2 is 2.10 bits per heavy atom. The number of aliphatic hydroxyl groups is 1. The van der Waals surface area contributed by atoms with E-state index >= 15 is 0 Å². The molecule has 0 unspecified atom stereocenters. The zero-order chi connectivity index (χ0) is 14.9. The van der Waals surface area contributed by atoms with Crippen molar-refractivity contribution in [2.24, 2.45) is 7.05 Å². The molecule has 2 rings (SSSR count). The molecule has 0 spiro atoms. The molecular weight excluding hydrogens is 320 g/mol. The average Bonchev–Trinajstić information content (AvgIpc) is 2.61. The normalized spacial score (nSPS) is 12.5. The first-order chi connectivity index (χ1) is 9.40. The number of hydrogen-bond donors (Lipinski definition) is 1. The van der Waals surface area contributed by atoms with Gasteiger partial charge in [-0.2, -0.15) is 5.10 Å². The fourth-order valence-corrected chi connectivity index (χ4v) is 2.55. The number of hydrogen-bond acceptors (Lipinski definition) is 3. The maximum atomic E-state index is 9.80. The third kappa shape index (κ3) is 3.04. The van der Waals surface area contributed by atoms with E-state index in [1.807, 2.05) is 39.1 Å². The molecule has 20 heavy (non-hydrogen) atoms. The predicted molar refractivity (Wildman–Crippen MR) is 81.8 cm³/mol. The molecule has 0 saturated carbocycles. The lowest BCUT2D eigenvalue weighted by Gasteiger charge is -2.14. The second-order valence-electron chi connectivity index (χ2n) is 4.98. The van der Waals surface area contributed by atoms with Gasteiger partial charge in [-0.15, -0.1) is 0 Å². The number of rotatable bonds is 4. The number of halogens is 1. The molecule has 1 atom stereocenters. The van der Waals surface area contributed by atoms with Gasteiger partial charge in [-0.25, -0.2) is 0 Å². The summed E-state index contributed by atoms with van der Waals surface area (Å²) in [5.74, 6) is 0.714. The van der Waals surface area contributed by atoms with Gasteiger partial charge in [0.15, 0.2) is 0 Å². The molecule has 0 aliphatic heterocycles. The minimum atomic E-state index is -0.553. The second kappa shape index (κ2) is 5.97. The number of benzene rings is 1. The number of aryl methyl sites for hydroxylation is 3. The van der Waals surface area contributed by atoms with Crippen LogP contribution in [0, 0.1) is 13.8 Å². The Morgan fingerprint density at radius 3 is 2.65 bits per heavy atom. The largest absolute Gasteiger partial charge is 0.487 e. The van der Waals surface area contributed by atoms with Gasteiger partial charge in [0.05, 0.1) is 22.0 Å². The Kier molecular flexibility index (Phi) is 4.50. The molecule has 1 N–H and O–H groups in total. The van der Waals surface area contributed by atoms with Crippen LogP contribution in [-0.4, -0.2) is 14.9 Å². The van der Waals surface area contributed by atoms with Gasteiger partial charge in [0.1, 0.15) is 12.4 Å². The minimum absolute atomic E-state index is 0.404. The van der Waals surface area contributed by atoms with Crippen molar-refractivity contribution in [1.29, 1.82) is 0 Å². The summed E-state index contributed by atoms with van der Waals surface area (Å²) in [5, 5.41) is 14.1. The Hall–Kier alpha value is -1.33. The molecule has 1 aromatic heterocycles. The summed E-state index contributed by atoms with van der Waals surface area (Å²) in [6.07, 6.45) is -0.553. The highest BCUT2D eigenvalue weighted by molar-refractivity contribution is 9.10. The average molecular weight is 339 g/mol. The number of aromatic nitrogens is 2. The Balaban J connectivity index is 2.24. The molecule has 0 saturated heterocycles. The van der Waals surface area contributed by atoms with E-state index in [2.05, 4.69) is 21.0 Å². The monoisotopic (exact) mass is 338 g/mol. The maximum Gasteiger partial charge on any atom is 0.131 e. The van der Waals surface area contributed by atoms with E-state index in [4.69, 9.17) is 4.74 Å². The van der Waals surface area contributed by atoms with Crippen LogP contribution in [0.2, 0.25) is 0 Å². The molecule has 0 bridgehead atoms. The van der Waals surface area contributed by atoms with Gasteiger partial charge in [-0.05, 0) is 48.3 Å². The lowest BCUT2D eigenvalue weighted by molar-refractivity contribution is 0.189. The lowest BCUT2D eigenvalue weighted by atomic mass is 10.1. The minimum Gasteiger partial charge on any atom is -0.487 e. The summed E-state index contributed by atoms with van der Waals surface area (Å²) in [4.78, 5) is 0. The Labute approximate surface area is 127 Å². The molecule has 0 aliphatic carbocycles. The molecule has 0 amide bonds. The lowest BCUT2D eigenvalue weighted by Crippen LogP contribution is -2.06. The van der Waals surface area contributed by atoms with Crippen LogP contribution in [-0.2, 0) is 13.7 Å². The molecule has 1 heterocycles. The topological polar surface area (TPSA) is 47.3 Å². The van der Waals surface area contributed by atoms with Gasteiger partial charge >= 0.3 is 0 Å². The zero-order valence-electron chi connectivity index (χ0n) is 12.1. The first-order valence-electron chi connectivity index (χ1n) is 6.49. The highest BCUT2D eigenvalue weighted by Crippen LogP contribution is 2.28. The van der Waals surface area contributed by atoms with Crippen molar-refractivity contribution in [2.45, 2.75) is 33.5 Å². The van der Waals surface area contributed by atoms with Crippen LogP contribution in [0.15, 0.2) is 22.7 Å². The SMILES string of the molecule is Cc1ccc([C@@H](C)O)c(OCc2c(Br)c(C)nn2C)c1. The number of nitrogens with zero attached hydrogens (tertiary/aromatic N) is 2. The third-order valence-electron chi connectivity index (χ3n) is 3.25. The van der Waals surface area contributed by atoms with Crippen molar-refractivity contribution < 1.29 is 9.84 Å². The molecule has 0 radical (unpaired) electrons. The first-order valence-corrected chi connectivity index (χ1v) is 7.29. The van der Waals surface area contributed by atoms with Gasteiger partial charge in [-0.3, -0.25) is 4.68 Å². The van der Waals surface area contributed by atoms with Crippen LogP contribution < -0.4 is 4.74 Å². The van der Waals surface area contributed by atoms with E-state index < -0.39 is 6.10 Å². The summed E-state index contributed by atoms with van der Waals surface area (Å²) in [6, 6.07) is 5.82. The molecule has 0 aliphatic rings. The summed E-state index contributed by atoms with van der Waals surface area (Å²) >= 11 is 3.52. The Bertz CT molecular complexity index is 621. The second-order valence-corrected chi connectivity index (χ2v) is 5.77. The van der Waals surface area contributed by atoms with E-state index in [1.54, 1.807) is 11.6 Å². The van der Waals surface area contributed by atoms with Gasteiger partial charge in [0, 0.05) is 12.6 Å². The van der Waals surface area contributed by atoms with E-state index in [0.717, 1.165) is 27.0 Å². The summed E-state index contributed by atoms with van der Waals surface area (Å²) < 4.78 is 8.66. The van der Waals surface area contributed by atoms with Crippen LogP contribution in [0.3, 0.4) is 0 Å². The van der Waals surface area contributed by atoms with Crippen LogP contribution in [0.5, 0.6) is 5.75 Å². The molecule has 0 fully saturated rings. The standard InChI is InChI=1S/C15H19BrN2O2/c1-9-5-6-12(11(3)19)14(7-9)20-8-13-15(16)10(2)17-18(13)4/h5-7,11,19H,8H2,1-4H3/t11-/m1/s1. The zero-order valence-corrected chi connectivity index (χ0v) is 13.7. The quantitative estimate of drug-likeness (QED) is 0.928. The van der Waals surface area contributed by atoms with Crippen molar-refractivity contribution >= 4 is 15.9 Å². The molecule has 108 valence electrons. The fraction of sp³-hybridized carbons (Fsp3) is 0.400. The van der Waals surface area contributed by atoms with Crippen LogP contribution in [0.1, 0.15) is 35.5 Å². The van der Waals surface area contributed by atoms with E-state index in [-0.39, 0.29) is 0 Å². The van der Waals surface area contributed by atoms with Crippen molar-refractivity contribution in [1.82, 2.24) is 9.78 Å². The Morgan fingerprint density at radius 1 is 1.40 bits per heavy atom. The molecular formula is C15H19BrN2O2. The van der Waals surface area contributed by atoms with Gasteiger partial charge < -0.3 is 9.84 Å². The van der Waals surface area contributed by atoms with Crippen LogP contribution in [0.4, 0.5) is 0 Å². The highest BCUT2D eigenvalue weighted by Gasteiger charge is 2.14. The van der Waals surface area contributed by atoms with Gasteiger partial charge in [0.25, 0.3) is 0 Å². The van der Waals surface area contributed by atoms with E-state index in [9.17, 15) is 5.11 Å². The molecule has 2 aromatic rings. The van der Waals surface area contributed by atoms with Crippen molar-refractivity contribution in [3.8, 4) is 5.75 Å². The predicted octanol–water partition coefficient (Wildman–Crippen LogP) is 3.43. The van der Waals surface area contributed by atoms with E-state index in [0.29, 0.717) is 12.4 Å². The van der Waals surface area contributed by atoms with Crippen molar-refractivity contribution in [2.75, 3.05) is 0 Å². The third-order valence-corrected chi connectivity index (χ3v) is 4.28. The number of aliphatic hydroxyl groups excluding tert-OH is 1. The van der Waals surface area contributed by atoms with Crippen LogP contribution in [0.25, 0.3) is 0 Å². The highest BCUT2D eigenvalue weighted by atomic mass is 79.9. The summed E-state index contributed by atoms with van der Waals surface area (Å²) in [6.45, 7) is 6.09. The van der Waals surface area contributed by atoms with Gasteiger partial charge in [-0.1, -0.05) is 12.1 Å². The number of ether oxygens (including phenoxy) is 1. The van der Waals surface area contributed by atoms with E-state index in [1.165, 1.54) is 0 Å². The smallest absolute Gasteiger partial charge is 0.131 e. The maximum absolute atomic E-state index is 9.80.